The smallest absolute Gasteiger partial charge is 0.265 e. The lowest BCUT2D eigenvalue weighted by molar-refractivity contribution is -0.118. The molecular weight excluding hydrogens is 304 g/mol. The standard InChI is InChI=1S/C19H26N2O3/c22-14-8-9-15-17(10-14)21-18(23)16(20-15)5-3-1-2-4-13-11-19(13,24)12-6-7-12/h8-9,12-13,15,17,24H,1-7,10-11H2,(H,21,23). The summed E-state index contributed by atoms with van der Waals surface area (Å²) in [5.41, 5.74) is 0.309. The quantitative estimate of drug-likeness (QED) is 0.700. The Morgan fingerprint density at radius 2 is 2.08 bits per heavy atom. The molecule has 24 heavy (non-hydrogen) atoms. The second kappa shape index (κ2) is 6.10. The summed E-state index contributed by atoms with van der Waals surface area (Å²) in [4.78, 5) is 28.0. The van der Waals surface area contributed by atoms with E-state index in [0.717, 1.165) is 32.1 Å². The average Bonchev–Trinajstić information content (AvgIpc) is 3.44. The number of hydrogen-bond acceptors (Lipinski definition) is 4. The van der Waals surface area contributed by atoms with Crippen molar-refractivity contribution in [2.24, 2.45) is 16.8 Å². The highest BCUT2D eigenvalue weighted by molar-refractivity contribution is 6.39. The summed E-state index contributed by atoms with van der Waals surface area (Å²) < 4.78 is 0. The number of fused-ring (bicyclic) bond motifs is 1. The molecule has 2 fully saturated rings. The van der Waals surface area contributed by atoms with E-state index in [9.17, 15) is 14.7 Å². The van der Waals surface area contributed by atoms with Gasteiger partial charge in [-0.2, -0.15) is 0 Å². The Bertz CT molecular complexity index is 608. The molecule has 0 aromatic heterocycles. The first kappa shape index (κ1) is 16.0. The molecular formula is C19H26N2O3. The molecule has 0 spiro atoms. The summed E-state index contributed by atoms with van der Waals surface area (Å²) in [6.07, 6.45) is 12.1. The van der Waals surface area contributed by atoms with Crippen LogP contribution in [0.4, 0.5) is 0 Å². The topological polar surface area (TPSA) is 78.8 Å². The van der Waals surface area contributed by atoms with Crippen molar-refractivity contribution in [3.63, 3.8) is 0 Å². The van der Waals surface area contributed by atoms with Crippen LogP contribution in [0.3, 0.4) is 0 Å². The molecule has 2 saturated carbocycles. The zero-order chi connectivity index (χ0) is 16.7. The maximum absolute atomic E-state index is 12.1. The van der Waals surface area contributed by atoms with Crippen molar-refractivity contribution >= 4 is 17.4 Å². The largest absolute Gasteiger partial charge is 0.389 e. The number of aliphatic imine (C=N–C) groups is 1. The molecule has 0 radical (unpaired) electrons. The highest BCUT2D eigenvalue weighted by Gasteiger charge is 2.60. The number of carbonyl (C=O) groups is 2. The van der Waals surface area contributed by atoms with Gasteiger partial charge in [-0.05, 0) is 56.4 Å². The van der Waals surface area contributed by atoms with Crippen molar-refractivity contribution in [2.45, 2.75) is 75.5 Å². The summed E-state index contributed by atoms with van der Waals surface area (Å²) in [6, 6.07) is -0.232. The van der Waals surface area contributed by atoms with Crippen LogP contribution in [0, 0.1) is 11.8 Å². The lowest BCUT2D eigenvalue weighted by Crippen LogP contribution is -2.51. The molecule has 1 aliphatic heterocycles. The van der Waals surface area contributed by atoms with Crippen molar-refractivity contribution in [2.75, 3.05) is 0 Å². The normalized spacial score (nSPS) is 37.7. The van der Waals surface area contributed by atoms with Crippen molar-refractivity contribution in [3.05, 3.63) is 12.2 Å². The van der Waals surface area contributed by atoms with Crippen LogP contribution in [-0.2, 0) is 9.59 Å². The van der Waals surface area contributed by atoms with Crippen LogP contribution >= 0.6 is 0 Å². The summed E-state index contributed by atoms with van der Waals surface area (Å²) in [5, 5.41) is 13.3. The maximum Gasteiger partial charge on any atom is 0.265 e. The minimum Gasteiger partial charge on any atom is -0.389 e. The third-order valence-corrected chi connectivity index (χ3v) is 6.07. The van der Waals surface area contributed by atoms with Gasteiger partial charge in [0.15, 0.2) is 5.78 Å². The van der Waals surface area contributed by atoms with Gasteiger partial charge in [0.1, 0.15) is 5.71 Å². The van der Waals surface area contributed by atoms with Gasteiger partial charge in [0.2, 0.25) is 0 Å². The molecule has 4 atom stereocenters. The number of ketones is 1. The van der Waals surface area contributed by atoms with Crippen LogP contribution in [0.15, 0.2) is 17.1 Å². The van der Waals surface area contributed by atoms with Crippen molar-refractivity contribution < 1.29 is 14.7 Å². The van der Waals surface area contributed by atoms with E-state index in [1.54, 1.807) is 6.08 Å². The van der Waals surface area contributed by atoms with Gasteiger partial charge < -0.3 is 10.4 Å². The van der Waals surface area contributed by atoms with E-state index in [-0.39, 0.29) is 29.4 Å². The number of nitrogens with zero attached hydrogens (tertiary/aromatic N) is 1. The first-order valence-electron chi connectivity index (χ1n) is 9.37. The highest BCUT2D eigenvalue weighted by atomic mass is 16.3. The van der Waals surface area contributed by atoms with Crippen molar-refractivity contribution in [1.29, 1.82) is 0 Å². The zero-order valence-corrected chi connectivity index (χ0v) is 14.0. The molecule has 4 aliphatic rings. The molecule has 1 amide bonds. The number of nitrogens with one attached hydrogen (secondary N) is 1. The van der Waals surface area contributed by atoms with Gasteiger partial charge in [-0.1, -0.05) is 18.9 Å². The fourth-order valence-electron chi connectivity index (χ4n) is 4.31. The van der Waals surface area contributed by atoms with Crippen molar-refractivity contribution in [3.8, 4) is 0 Å². The molecule has 5 nitrogen and oxygen atoms in total. The number of aliphatic hydroxyl groups is 1. The number of rotatable bonds is 7. The summed E-state index contributed by atoms with van der Waals surface area (Å²) in [6.45, 7) is 0. The van der Waals surface area contributed by atoms with Crippen LogP contribution in [0.25, 0.3) is 0 Å². The lowest BCUT2D eigenvalue weighted by Gasteiger charge is -2.30. The minimum absolute atomic E-state index is 0.0569. The van der Waals surface area contributed by atoms with Gasteiger partial charge in [0, 0.05) is 6.42 Å². The van der Waals surface area contributed by atoms with E-state index in [1.165, 1.54) is 12.8 Å². The lowest BCUT2D eigenvalue weighted by atomic mass is 9.93. The maximum atomic E-state index is 12.1. The fourth-order valence-corrected chi connectivity index (χ4v) is 4.31. The van der Waals surface area contributed by atoms with E-state index in [0.29, 0.717) is 30.4 Å². The van der Waals surface area contributed by atoms with Crippen LogP contribution < -0.4 is 5.32 Å². The van der Waals surface area contributed by atoms with E-state index < -0.39 is 0 Å². The van der Waals surface area contributed by atoms with Gasteiger partial charge in [-0.15, -0.1) is 0 Å². The monoisotopic (exact) mass is 330 g/mol. The van der Waals surface area contributed by atoms with Crippen LogP contribution in [-0.4, -0.2) is 40.2 Å². The fraction of sp³-hybridized carbons (Fsp3) is 0.737. The molecule has 5 heteroatoms. The Labute approximate surface area is 142 Å². The predicted octanol–water partition coefficient (Wildman–Crippen LogP) is 1.93. The Morgan fingerprint density at radius 3 is 2.88 bits per heavy atom. The number of allylic oxidation sites excluding steroid dienone is 1. The SMILES string of the molecule is O=C1C=CC2N=C(CCCCCC3CC3(O)C3CC3)C(=O)NC2C1. The Morgan fingerprint density at radius 1 is 1.25 bits per heavy atom. The predicted molar refractivity (Wildman–Crippen MR) is 90.8 cm³/mol. The molecule has 130 valence electrons. The Kier molecular flexibility index (Phi) is 4.07. The first-order valence-corrected chi connectivity index (χ1v) is 9.37. The summed E-state index contributed by atoms with van der Waals surface area (Å²) in [7, 11) is 0. The van der Waals surface area contributed by atoms with E-state index in [4.69, 9.17) is 0 Å². The average molecular weight is 330 g/mol. The molecule has 2 N–H and O–H groups in total. The Balaban J connectivity index is 1.19. The molecule has 3 aliphatic carbocycles. The van der Waals surface area contributed by atoms with Crippen LogP contribution in [0.2, 0.25) is 0 Å². The first-order chi connectivity index (χ1) is 11.6. The van der Waals surface area contributed by atoms with Gasteiger partial charge in [0.25, 0.3) is 5.91 Å². The van der Waals surface area contributed by atoms with Gasteiger partial charge >= 0.3 is 0 Å². The second-order valence-electron chi connectivity index (χ2n) is 7.94. The van der Waals surface area contributed by atoms with Crippen molar-refractivity contribution in [1.82, 2.24) is 5.32 Å². The third kappa shape index (κ3) is 3.18. The molecule has 1 heterocycles. The Hall–Kier alpha value is -1.49. The highest BCUT2D eigenvalue weighted by Crippen LogP contribution is 2.59. The molecule has 0 aromatic carbocycles. The number of amides is 1. The third-order valence-electron chi connectivity index (χ3n) is 6.07. The van der Waals surface area contributed by atoms with Crippen LogP contribution in [0.5, 0.6) is 0 Å². The second-order valence-corrected chi connectivity index (χ2v) is 7.94. The summed E-state index contributed by atoms with van der Waals surface area (Å²) in [5.74, 6) is 1.06. The number of hydrogen-bond donors (Lipinski definition) is 2. The number of carbonyl (C=O) groups excluding carboxylic acids is 2. The summed E-state index contributed by atoms with van der Waals surface area (Å²) >= 11 is 0. The van der Waals surface area contributed by atoms with Gasteiger partial charge in [-0.25, -0.2) is 0 Å². The van der Waals surface area contributed by atoms with Gasteiger partial charge in [-0.3, -0.25) is 14.6 Å². The van der Waals surface area contributed by atoms with E-state index >= 15 is 0 Å². The molecule has 0 saturated heterocycles. The number of unbranched alkanes of at least 4 members (excludes halogenated alkanes) is 2. The minimum atomic E-state index is -0.312. The zero-order valence-electron chi connectivity index (χ0n) is 14.0. The van der Waals surface area contributed by atoms with Crippen LogP contribution in [0.1, 0.15) is 57.8 Å². The van der Waals surface area contributed by atoms with Gasteiger partial charge in [0.05, 0.1) is 17.7 Å². The molecule has 0 bridgehead atoms. The van der Waals surface area contributed by atoms with E-state index in [2.05, 4.69) is 10.3 Å². The molecule has 4 unspecified atom stereocenters. The molecule has 0 aromatic rings. The molecule has 4 rings (SSSR count). The van der Waals surface area contributed by atoms with E-state index in [1.807, 2.05) is 6.08 Å².